The molecule has 1 saturated heterocycles. The molecule has 3 aromatic heterocycles. The Morgan fingerprint density at radius 2 is 2.12 bits per heavy atom. The quantitative estimate of drug-likeness (QED) is 0.790. The van der Waals surface area contributed by atoms with Crippen molar-refractivity contribution in [1.29, 1.82) is 0 Å². The van der Waals surface area contributed by atoms with Gasteiger partial charge in [-0.05, 0) is 36.8 Å². The lowest BCUT2D eigenvalue weighted by molar-refractivity contribution is 0.0729. The highest BCUT2D eigenvalue weighted by Crippen LogP contribution is 2.21. The predicted octanol–water partition coefficient (Wildman–Crippen LogP) is 2.61. The monoisotopic (exact) mass is 340 g/mol. The van der Waals surface area contributed by atoms with Crippen molar-refractivity contribution in [2.45, 2.75) is 13.0 Å². The van der Waals surface area contributed by atoms with Crippen molar-refractivity contribution < 1.29 is 13.6 Å². The van der Waals surface area contributed by atoms with E-state index >= 15 is 0 Å². The van der Waals surface area contributed by atoms with Gasteiger partial charge >= 0.3 is 0 Å². The summed E-state index contributed by atoms with van der Waals surface area (Å²) in [6, 6.07) is 9.28. The van der Waals surface area contributed by atoms with E-state index in [2.05, 4.69) is 15.1 Å². The van der Waals surface area contributed by atoms with Crippen LogP contribution in [0.25, 0.3) is 11.5 Å². The summed E-state index contributed by atoms with van der Waals surface area (Å²) in [4.78, 5) is 16.6. The highest BCUT2D eigenvalue weighted by atomic mass is 16.3. The molecule has 4 rings (SSSR count). The van der Waals surface area contributed by atoms with Crippen molar-refractivity contribution >= 4 is 5.91 Å². The van der Waals surface area contributed by atoms with E-state index in [0.717, 1.165) is 49.8 Å². The molecule has 0 unspecified atom stereocenters. The van der Waals surface area contributed by atoms with E-state index in [9.17, 15) is 4.79 Å². The van der Waals surface area contributed by atoms with Crippen molar-refractivity contribution in [3.63, 3.8) is 0 Å². The largest absolute Gasteiger partial charge is 0.459 e. The van der Waals surface area contributed by atoms with Crippen molar-refractivity contribution in [3.8, 4) is 11.5 Å². The molecule has 0 bridgehead atoms. The molecule has 0 aliphatic carbocycles. The minimum Gasteiger partial charge on any atom is -0.459 e. The van der Waals surface area contributed by atoms with Crippen molar-refractivity contribution in [2.75, 3.05) is 26.2 Å². The molecule has 1 fully saturated rings. The van der Waals surface area contributed by atoms with Gasteiger partial charge in [0.25, 0.3) is 5.91 Å². The zero-order chi connectivity index (χ0) is 17.1. The van der Waals surface area contributed by atoms with E-state index in [-0.39, 0.29) is 5.91 Å². The summed E-state index contributed by atoms with van der Waals surface area (Å²) in [6.07, 6.45) is 4.17. The molecule has 3 aromatic rings. The molecule has 7 heteroatoms. The first-order chi connectivity index (χ1) is 12.3. The summed E-state index contributed by atoms with van der Waals surface area (Å²) in [5.41, 5.74) is 0.873. The molecule has 0 aromatic carbocycles. The van der Waals surface area contributed by atoms with Crippen LogP contribution >= 0.6 is 0 Å². The zero-order valence-electron chi connectivity index (χ0n) is 13.9. The number of H-pyrrole nitrogens is 1. The lowest BCUT2D eigenvalue weighted by Crippen LogP contribution is -2.34. The molecule has 0 radical (unpaired) electrons. The van der Waals surface area contributed by atoms with E-state index in [0.29, 0.717) is 12.3 Å². The Morgan fingerprint density at radius 3 is 2.92 bits per heavy atom. The Hall–Kier alpha value is -2.80. The maximum absolute atomic E-state index is 12.4. The second kappa shape index (κ2) is 6.98. The maximum atomic E-state index is 12.4. The minimum absolute atomic E-state index is 0.0358. The predicted molar refractivity (Wildman–Crippen MR) is 90.8 cm³/mol. The molecule has 130 valence electrons. The van der Waals surface area contributed by atoms with Gasteiger partial charge in [-0.1, -0.05) is 0 Å². The van der Waals surface area contributed by atoms with Gasteiger partial charge in [0.05, 0.1) is 12.8 Å². The molecule has 1 amide bonds. The Morgan fingerprint density at radius 1 is 1.16 bits per heavy atom. The van der Waals surface area contributed by atoms with Crippen LogP contribution in [0.1, 0.15) is 22.7 Å². The standard InChI is InChI=1S/C18H20N4O3/c23-18(17-3-1-12-24-17)22-9-2-8-21(10-11-22)13-14-4-5-16(25-14)15-6-7-19-20-15/h1,3-7,12H,2,8-11,13H2,(H,19,20). The highest BCUT2D eigenvalue weighted by molar-refractivity contribution is 5.91. The number of aromatic amines is 1. The van der Waals surface area contributed by atoms with Crippen LogP contribution in [-0.2, 0) is 6.54 Å². The zero-order valence-corrected chi connectivity index (χ0v) is 13.9. The Labute approximate surface area is 145 Å². The lowest BCUT2D eigenvalue weighted by atomic mass is 10.3. The Bertz CT molecular complexity index is 807. The van der Waals surface area contributed by atoms with Gasteiger partial charge in [-0.3, -0.25) is 14.8 Å². The van der Waals surface area contributed by atoms with Gasteiger partial charge < -0.3 is 13.7 Å². The molecule has 1 aliphatic heterocycles. The number of nitrogens with zero attached hydrogens (tertiary/aromatic N) is 3. The highest BCUT2D eigenvalue weighted by Gasteiger charge is 2.22. The summed E-state index contributed by atoms with van der Waals surface area (Å²) >= 11 is 0. The maximum Gasteiger partial charge on any atom is 0.289 e. The fraction of sp³-hybridized carbons (Fsp3) is 0.333. The molecule has 1 N–H and O–H groups in total. The van der Waals surface area contributed by atoms with Crippen LogP contribution in [0.2, 0.25) is 0 Å². The summed E-state index contributed by atoms with van der Waals surface area (Å²) in [5, 5.41) is 6.84. The van der Waals surface area contributed by atoms with Gasteiger partial charge in [-0.15, -0.1) is 0 Å². The van der Waals surface area contributed by atoms with Crippen LogP contribution in [0, 0.1) is 0 Å². The molecule has 1 aliphatic rings. The molecular weight excluding hydrogens is 320 g/mol. The minimum atomic E-state index is -0.0358. The first-order valence-corrected chi connectivity index (χ1v) is 8.43. The van der Waals surface area contributed by atoms with Crippen LogP contribution in [-0.4, -0.2) is 52.1 Å². The second-order valence-electron chi connectivity index (χ2n) is 6.14. The van der Waals surface area contributed by atoms with Gasteiger partial charge in [0.2, 0.25) is 0 Å². The number of carbonyl (C=O) groups excluding carboxylic acids is 1. The first kappa shape index (κ1) is 15.7. The van der Waals surface area contributed by atoms with E-state index in [1.54, 1.807) is 18.3 Å². The van der Waals surface area contributed by atoms with Gasteiger partial charge in [-0.25, -0.2) is 0 Å². The third kappa shape index (κ3) is 3.51. The van der Waals surface area contributed by atoms with Crippen LogP contribution in [0.3, 0.4) is 0 Å². The second-order valence-corrected chi connectivity index (χ2v) is 6.14. The summed E-state index contributed by atoms with van der Waals surface area (Å²) in [6.45, 7) is 3.91. The van der Waals surface area contributed by atoms with Crippen LogP contribution in [0.5, 0.6) is 0 Å². The molecule has 25 heavy (non-hydrogen) atoms. The third-order valence-electron chi connectivity index (χ3n) is 4.41. The SMILES string of the molecule is O=C(c1ccco1)N1CCCN(Cc2ccc(-c3ccn[nH]3)o2)CC1. The lowest BCUT2D eigenvalue weighted by Gasteiger charge is -2.20. The van der Waals surface area contributed by atoms with Crippen LogP contribution < -0.4 is 0 Å². The molecule has 7 nitrogen and oxygen atoms in total. The third-order valence-corrected chi connectivity index (χ3v) is 4.41. The van der Waals surface area contributed by atoms with Crippen molar-refractivity contribution in [3.05, 3.63) is 54.3 Å². The van der Waals surface area contributed by atoms with Crippen LogP contribution in [0.15, 0.2) is 51.6 Å². The fourth-order valence-corrected chi connectivity index (χ4v) is 3.11. The molecule has 4 heterocycles. The number of hydrogen-bond donors (Lipinski definition) is 1. The summed E-state index contributed by atoms with van der Waals surface area (Å²) in [7, 11) is 0. The van der Waals surface area contributed by atoms with E-state index in [1.165, 1.54) is 6.26 Å². The normalized spacial score (nSPS) is 16.1. The van der Waals surface area contributed by atoms with E-state index in [1.807, 2.05) is 23.1 Å². The topological polar surface area (TPSA) is 78.5 Å². The van der Waals surface area contributed by atoms with Crippen LogP contribution in [0.4, 0.5) is 0 Å². The van der Waals surface area contributed by atoms with Crippen molar-refractivity contribution in [1.82, 2.24) is 20.0 Å². The molecule has 0 saturated carbocycles. The summed E-state index contributed by atoms with van der Waals surface area (Å²) < 4.78 is 11.1. The first-order valence-electron chi connectivity index (χ1n) is 8.43. The number of rotatable bonds is 4. The van der Waals surface area contributed by atoms with Crippen molar-refractivity contribution in [2.24, 2.45) is 0 Å². The smallest absolute Gasteiger partial charge is 0.289 e. The van der Waals surface area contributed by atoms with Gasteiger partial charge in [0, 0.05) is 32.4 Å². The number of furan rings is 2. The Balaban J connectivity index is 1.36. The molecule has 0 atom stereocenters. The van der Waals surface area contributed by atoms with Gasteiger partial charge in [0.15, 0.2) is 11.5 Å². The van der Waals surface area contributed by atoms with Gasteiger partial charge in [-0.2, -0.15) is 5.10 Å². The van der Waals surface area contributed by atoms with E-state index < -0.39 is 0 Å². The number of carbonyl (C=O) groups is 1. The number of aromatic nitrogens is 2. The molecule has 0 spiro atoms. The average Bonchev–Trinajstić information content (AvgIpc) is 3.36. The van der Waals surface area contributed by atoms with E-state index in [4.69, 9.17) is 8.83 Å². The summed E-state index contributed by atoms with van der Waals surface area (Å²) in [5.74, 6) is 2.07. The Kier molecular flexibility index (Phi) is 4.39. The average molecular weight is 340 g/mol. The number of nitrogens with one attached hydrogen (secondary N) is 1. The fourth-order valence-electron chi connectivity index (χ4n) is 3.11. The molecular formula is C18H20N4O3. The number of hydrogen-bond acceptors (Lipinski definition) is 5. The van der Waals surface area contributed by atoms with Gasteiger partial charge in [0.1, 0.15) is 11.5 Å². The number of amides is 1.